The standard InChI is InChI=1S/C82H144N4O39/c1-6-8-10-12-14-16-18-20-22-24-26-28-30-32-47(96)46(86-56(100)33-31-29-27-25-23-21-19-17-15-13-11-9-7-2)42-114-76-67(108)65(106)69(54(40-91)117-76)119-78-68(109)74(70(55(41-92)118-78)120-75-59(85-45(5)95)71(62(103)52(38-89)115-75)121-77-66(107)64(105)61(102)51(37-88)116-77)125-82(80(112)113)35-49(98)58(84-44(4)94)73(124-82)63(104)53(39-90)122-81(79(110)111)34-48(97)57(83-43(3)93)72(123-81)60(101)50(99)36-87/h30,32,46-55,57-78,87-92,96-99,101-109H,6-29,31,33-42H2,1-5H3,(H,83,93)(H,84,94)(H,85,95)(H,86,100)(H,110,111)(H,112,113)/b32-30+/t46-,47+,48?,49?,50+,51?,52?,53+,54?,55?,57+,58+,59?,60+,61-,62-,63+,64-,65+,66?,67?,68?,69+,70-,71+,72?,73?,74+,75-,76+,77-,78-,81+,82-/m0/s1. The maximum absolute atomic E-state index is 14.4. The smallest absolute Gasteiger partial charge is 0.364 e. The Balaban J connectivity index is 1.35. The van der Waals surface area contributed by atoms with Crippen LogP contribution in [0.15, 0.2) is 12.2 Å². The molecular formula is C82H144N4O39. The largest absolute Gasteiger partial charge is 0.477 e. The van der Waals surface area contributed by atoms with Crippen LogP contribution in [-0.2, 0) is 85.6 Å². The van der Waals surface area contributed by atoms with E-state index >= 15 is 0 Å². The van der Waals surface area contributed by atoms with Crippen molar-refractivity contribution in [1.82, 2.24) is 21.3 Å². The highest BCUT2D eigenvalue weighted by molar-refractivity contribution is 5.78. The topological polar surface area (TPSA) is 686 Å². The minimum Gasteiger partial charge on any atom is -0.477 e. The first kappa shape index (κ1) is 109. The van der Waals surface area contributed by atoms with E-state index < -0.39 is 302 Å². The number of unbranched alkanes of at least 4 members (excludes halogenated alkanes) is 23. The highest BCUT2D eigenvalue weighted by Crippen LogP contribution is 2.43. The van der Waals surface area contributed by atoms with Gasteiger partial charge in [0.1, 0.15) is 134 Å². The summed E-state index contributed by atoms with van der Waals surface area (Å²) in [6.07, 6.45) is -34.8. The second-order valence-corrected chi connectivity index (χ2v) is 33.5. The van der Waals surface area contributed by atoms with E-state index in [1.807, 2.05) is 0 Å². The number of rotatable bonds is 57. The van der Waals surface area contributed by atoms with E-state index in [-0.39, 0.29) is 6.42 Å². The van der Waals surface area contributed by atoms with Crippen LogP contribution in [0.25, 0.3) is 0 Å². The minimum atomic E-state index is -3.69. The summed E-state index contributed by atoms with van der Waals surface area (Å²) in [5, 5.41) is 247. The number of amides is 4. The van der Waals surface area contributed by atoms with Crippen molar-refractivity contribution in [2.45, 2.75) is 422 Å². The Hall–Kier alpha value is -4.68. The van der Waals surface area contributed by atoms with Crippen molar-refractivity contribution < 1.29 is 193 Å². The molecule has 34 atom stereocenters. The predicted octanol–water partition coefficient (Wildman–Crippen LogP) is -4.65. The van der Waals surface area contributed by atoms with Gasteiger partial charge >= 0.3 is 11.9 Å². The lowest BCUT2D eigenvalue weighted by Crippen LogP contribution is -2.73. The van der Waals surface area contributed by atoms with Gasteiger partial charge in [-0.1, -0.05) is 167 Å². The first-order chi connectivity index (χ1) is 59.6. The maximum Gasteiger partial charge on any atom is 0.364 e. The fourth-order valence-electron chi connectivity index (χ4n) is 16.6. The number of carbonyl (C=O) groups excluding carboxylic acids is 4. The van der Waals surface area contributed by atoms with Gasteiger partial charge in [-0.05, 0) is 19.3 Å². The molecule has 6 heterocycles. The van der Waals surface area contributed by atoms with Gasteiger partial charge in [-0.2, -0.15) is 0 Å². The second kappa shape index (κ2) is 55.0. The quantitative estimate of drug-likeness (QED) is 0.0201. The summed E-state index contributed by atoms with van der Waals surface area (Å²) in [5.41, 5.74) is 0. The minimum absolute atomic E-state index is 0.0851. The van der Waals surface area contributed by atoms with E-state index in [4.69, 9.17) is 56.8 Å². The molecule has 0 aromatic heterocycles. The number of hydrogen-bond acceptors (Lipinski definition) is 37. The number of hydrogen-bond donors (Lipinski definition) is 25. The molecule has 6 aliphatic rings. The number of aliphatic hydroxyl groups excluding tert-OH is 19. The van der Waals surface area contributed by atoms with Crippen LogP contribution < -0.4 is 21.3 Å². The van der Waals surface area contributed by atoms with Crippen molar-refractivity contribution in [3.8, 4) is 0 Å². The van der Waals surface area contributed by atoms with Crippen LogP contribution in [-0.4, -0.2) is 396 Å². The number of allylic oxidation sites excluding steroid dienone is 1. The number of aliphatic carboxylic acids is 2. The highest BCUT2D eigenvalue weighted by atomic mass is 16.8. The van der Waals surface area contributed by atoms with Crippen LogP contribution in [0, 0.1) is 0 Å². The van der Waals surface area contributed by atoms with Crippen molar-refractivity contribution in [1.29, 1.82) is 0 Å². The Morgan fingerprint density at radius 2 is 0.848 bits per heavy atom. The Labute approximate surface area is 727 Å². The molecule has 0 aromatic rings. The van der Waals surface area contributed by atoms with E-state index in [9.17, 15) is 136 Å². The number of aliphatic hydroxyl groups is 19. The molecule has 6 saturated heterocycles. The molecule has 0 aromatic carbocycles. The first-order valence-corrected chi connectivity index (χ1v) is 44.2. The molecule has 0 saturated carbocycles. The van der Waals surface area contributed by atoms with Crippen molar-refractivity contribution in [2.75, 3.05) is 46.2 Å². The summed E-state index contributed by atoms with van der Waals surface area (Å²) in [6, 6.07) is -7.14. The van der Waals surface area contributed by atoms with Crippen molar-refractivity contribution >= 4 is 35.6 Å². The van der Waals surface area contributed by atoms with Crippen molar-refractivity contribution in [3.63, 3.8) is 0 Å². The molecule has 4 amide bonds. The molecular weight excluding hydrogens is 1660 g/mol. The summed E-state index contributed by atoms with van der Waals surface area (Å²) < 4.78 is 72.1. The SMILES string of the molecule is CCCCCCCCCCCCC/C=C/[C@@H](O)[C@H](CO[C@@H]1OC(CO)[C@@H](O[C@@H]2OC(CO)[C@H](O[C@@H]3OC(CO)[C@H](O)[C@H](O[C@@H]4OC(CO)[C@H](O)[C@H](O)C4O)C3NC(C)=O)[C@H](O[C@]3(C(=O)O)CC(O)[C@@H](NC(C)=O)C([C@H](O)[C@@H](CO)O[C@]4(C(=O)O)CC(O)[C@@H](NC(C)=O)C([C@H](O)[C@H](O)CO)O4)O3)C2O)[C@H](O)C1O)NC(=O)CCCCCCCCCCCCCCC. The Kier molecular flexibility index (Phi) is 48.0. The Morgan fingerprint density at radius 3 is 1.34 bits per heavy atom. The molecule has 0 radical (unpaired) electrons. The van der Waals surface area contributed by atoms with Crippen LogP contribution in [0.4, 0.5) is 0 Å². The van der Waals surface area contributed by atoms with Crippen LogP contribution in [0.3, 0.4) is 0 Å². The Bertz CT molecular complexity index is 3160. The predicted molar refractivity (Wildman–Crippen MR) is 431 cm³/mol. The molecule has 43 nitrogen and oxygen atoms in total. The van der Waals surface area contributed by atoms with Crippen molar-refractivity contribution in [3.05, 3.63) is 12.2 Å². The summed E-state index contributed by atoms with van der Waals surface area (Å²) in [5.74, 6) is -15.0. The van der Waals surface area contributed by atoms with Gasteiger partial charge < -0.3 is 185 Å². The van der Waals surface area contributed by atoms with Gasteiger partial charge in [-0.15, -0.1) is 0 Å². The van der Waals surface area contributed by atoms with Crippen LogP contribution >= 0.6 is 0 Å². The van der Waals surface area contributed by atoms with Crippen LogP contribution in [0.1, 0.15) is 214 Å². The number of carboxylic acid groups (broad SMARTS) is 2. The number of carboxylic acids is 2. The summed E-state index contributed by atoms with van der Waals surface area (Å²) in [7, 11) is 0. The van der Waals surface area contributed by atoms with Gasteiger partial charge in [0.05, 0.1) is 82.7 Å². The third-order valence-corrected chi connectivity index (χ3v) is 23.6. The van der Waals surface area contributed by atoms with E-state index in [0.29, 0.717) is 12.8 Å². The van der Waals surface area contributed by atoms with Crippen LogP contribution in [0.2, 0.25) is 0 Å². The lowest BCUT2D eigenvalue weighted by molar-refractivity contribution is -0.404. The van der Waals surface area contributed by atoms with E-state index in [1.165, 1.54) is 89.5 Å². The zero-order chi connectivity index (χ0) is 92.4. The second-order valence-electron chi connectivity index (χ2n) is 33.5. The molecule has 125 heavy (non-hydrogen) atoms. The lowest BCUT2D eigenvalue weighted by Gasteiger charge is -2.53. The zero-order valence-corrected chi connectivity index (χ0v) is 72.1. The maximum atomic E-state index is 14.4. The number of nitrogens with one attached hydrogen (secondary N) is 4. The van der Waals surface area contributed by atoms with E-state index in [0.717, 1.165) is 85.0 Å². The molecule has 6 fully saturated rings. The molecule has 43 heteroatoms. The summed E-state index contributed by atoms with van der Waals surface area (Å²) in [6.45, 7) is -1.02. The van der Waals surface area contributed by atoms with Gasteiger partial charge in [-0.25, -0.2) is 9.59 Å². The van der Waals surface area contributed by atoms with E-state index in [1.54, 1.807) is 6.08 Å². The van der Waals surface area contributed by atoms with Gasteiger partial charge in [0.25, 0.3) is 11.6 Å². The Morgan fingerprint density at radius 1 is 0.432 bits per heavy atom. The average Bonchev–Trinajstić information content (AvgIpc) is 0.744. The first-order valence-electron chi connectivity index (χ1n) is 44.2. The molecule has 6 rings (SSSR count). The third-order valence-electron chi connectivity index (χ3n) is 23.6. The normalized spacial score (nSPS) is 35.5. The average molecular weight is 1810 g/mol. The third kappa shape index (κ3) is 31.5. The fourth-order valence-corrected chi connectivity index (χ4v) is 16.6. The van der Waals surface area contributed by atoms with Gasteiger partial charge in [0.2, 0.25) is 23.6 Å². The van der Waals surface area contributed by atoms with Gasteiger partial charge in [0.15, 0.2) is 25.2 Å². The van der Waals surface area contributed by atoms with Crippen molar-refractivity contribution in [2.24, 2.45) is 0 Å². The summed E-state index contributed by atoms with van der Waals surface area (Å²) in [4.78, 5) is 80.3. The molecule has 0 spiro atoms. The molecule has 726 valence electrons. The lowest BCUT2D eigenvalue weighted by atomic mass is 9.87. The van der Waals surface area contributed by atoms with Gasteiger partial charge in [-0.3, -0.25) is 19.2 Å². The highest BCUT2D eigenvalue weighted by Gasteiger charge is 2.64. The number of carbonyl (C=O) groups is 6. The fraction of sp³-hybridized carbons (Fsp3) is 0.902. The van der Waals surface area contributed by atoms with Crippen LogP contribution in [0.5, 0.6) is 0 Å². The summed E-state index contributed by atoms with van der Waals surface area (Å²) >= 11 is 0. The van der Waals surface area contributed by atoms with Gasteiger partial charge in [0, 0.05) is 40.0 Å². The molecule has 0 aliphatic carbocycles. The monoisotopic (exact) mass is 1810 g/mol. The zero-order valence-electron chi connectivity index (χ0n) is 72.1. The molecule has 25 N–H and O–H groups in total. The number of ether oxygens (including phenoxy) is 12. The molecule has 6 aliphatic heterocycles. The molecule has 12 unspecified atom stereocenters. The van der Waals surface area contributed by atoms with E-state index in [2.05, 4.69) is 35.1 Å². The molecule has 0 bridgehead atoms.